The van der Waals surface area contributed by atoms with Crippen molar-refractivity contribution in [3.63, 3.8) is 0 Å². The lowest BCUT2D eigenvalue weighted by molar-refractivity contribution is -0.134. The van der Waals surface area contributed by atoms with Gasteiger partial charge in [-0.15, -0.1) is 0 Å². The zero-order chi connectivity index (χ0) is 20.5. The number of likely N-dealkylation sites (tertiary alicyclic amines) is 2. The number of ether oxygens (including phenoxy) is 1. The largest absolute Gasteiger partial charge is 0.445 e. The number of piperidine rings is 2. The van der Waals surface area contributed by atoms with Crippen molar-refractivity contribution in [1.82, 2.24) is 15.1 Å². The van der Waals surface area contributed by atoms with E-state index in [9.17, 15) is 9.59 Å². The van der Waals surface area contributed by atoms with Crippen molar-refractivity contribution < 1.29 is 14.3 Å². The van der Waals surface area contributed by atoms with E-state index < -0.39 is 0 Å². The summed E-state index contributed by atoms with van der Waals surface area (Å²) in [7, 11) is 0. The minimum absolute atomic E-state index is 0.180. The number of nitrogens with zero attached hydrogens (tertiary/aromatic N) is 2. The van der Waals surface area contributed by atoms with Gasteiger partial charge in [-0.1, -0.05) is 30.3 Å². The molecule has 29 heavy (non-hydrogen) atoms. The molecule has 2 saturated heterocycles. The molecule has 1 aromatic rings. The van der Waals surface area contributed by atoms with Crippen LogP contribution in [0.3, 0.4) is 0 Å². The number of rotatable bonds is 7. The predicted octanol–water partition coefficient (Wildman–Crippen LogP) is 2.11. The van der Waals surface area contributed by atoms with Crippen molar-refractivity contribution in [3.8, 4) is 0 Å². The molecule has 0 aliphatic carbocycles. The molecule has 160 valence electrons. The predicted molar refractivity (Wildman–Crippen MR) is 112 cm³/mol. The lowest BCUT2D eigenvalue weighted by atomic mass is 10.0. The van der Waals surface area contributed by atoms with Gasteiger partial charge in [-0.05, 0) is 50.6 Å². The highest BCUT2D eigenvalue weighted by Crippen LogP contribution is 2.16. The summed E-state index contributed by atoms with van der Waals surface area (Å²) < 4.78 is 5.43. The van der Waals surface area contributed by atoms with Gasteiger partial charge in [0.25, 0.3) is 0 Å². The summed E-state index contributed by atoms with van der Waals surface area (Å²) in [4.78, 5) is 28.9. The zero-order valence-electron chi connectivity index (χ0n) is 17.2. The molecule has 3 rings (SSSR count). The molecule has 0 saturated carbocycles. The fourth-order valence-corrected chi connectivity index (χ4v) is 4.10. The molecule has 0 spiro atoms. The third-order valence-electron chi connectivity index (χ3n) is 5.82. The van der Waals surface area contributed by atoms with E-state index in [2.05, 4.69) is 5.32 Å². The molecule has 0 bridgehead atoms. The zero-order valence-corrected chi connectivity index (χ0v) is 17.2. The van der Waals surface area contributed by atoms with E-state index in [1.165, 1.54) is 6.42 Å². The molecule has 2 amide bonds. The second kappa shape index (κ2) is 11.2. The van der Waals surface area contributed by atoms with Crippen molar-refractivity contribution in [1.29, 1.82) is 0 Å². The second-order valence-electron chi connectivity index (χ2n) is 7.98. The Hall–Kier alpha value is -2.12. The first-order chi connectivity index (χ1) is 14.2. The molecular weight excluding hydrogens is 368 g/mol. The van der Waals surface area contributed by atoms with Crippen LogP contribution in [0.2, 0.25) is 0 Å². The van der Waals surface area contributed by atoms with E-state index in [1.54, 1.807) is 4.90 Å². The quantitative estimate of drug-likeness (QED) is 0.729. The first kappa shape index (κ1) is 21.6. The van der Waals surface area contributed by atoms with Crippen LogP contribution in [0.1, 0.15) is 44.1 Å². The maximum absolute atomic E-state index is 12.9. The molecule has 0 unspecified atom stereocenters. The van der Waals surface area contributed by atoms with Crippen LogP contribution >= 0.6 is 0 Å². The van der Waals surface area contributed by atoms with Crippen LogP contribution in [0.5, 0.6) is 0 Å². The van der Waals surface area contributed by atoms with Crippen molar-refractivity contribution in [2.45, 2.75) is 57.2 Å². The van der Waals surface area contributed by atoms with E-state index >= 15 is 0 Å². The Morgan fingerprint density at radius 2 is 1.72 bits per heavy atom. The molecule has 2 fully saturated rings. The van der Waals surface area contributed by atoms with Gasteiger partial charge in [0.15, 0.2) is 0 Å². The van der Waals surface area contributed by atoms with Crippen LogP contribution in [-0.2, 0) is 16.1 Å². The average molecular weight is 403 g/mol. The van der Waals surface area contributed by atoms with Crippen LogP contribution in [0.15, 0.2) is 30.3 Å². The third kappa shape index (κ3) is 6.44. The first-order valence-corrected chi connectivity index (χ1v) is 10.9. The Morgan fingerprint density at radius 3 is 2.38 bits per heavy atom. The summed E-state index contributed by atoms with van der Waals surface area (Å²) in [5.41, 5.74) is 6.75. The summed E-state index contributed by atoms with van der Waals surface area (Å²) >= 11 is 0. The van der Waals surface area contributed by atoms with Crippen LogP contribution in [-0.4, -0.2) is 66.6 Å². The number of carbonyl (C=O) groups excluding carboxylic acids is 2. The summed E-state index contributed by atoms with van der Waals surface area (Å²) in [6, 6.07) is 9.70. The highest BCUT2D eigenvalue weighted by Gasteiger charge is 2.30. The molecule has 1 aromatic carbocycles. The van der Waals surface area contributed by atoms with Gasteiger partial charge in [0.1, 0.15) is 6.61 Å². The monoisotopic (exact) mass is 402 g/mol. The topological polar surface area (TPSA) is 87.9 Å². The van der Waals surface area contributed by atoms with Crippen molar-refractivity contribution in [2.75, 3.05) is 32.7 Å². The number of hydrogen-bond donors (Lipinski definition) is 2. The molecular formula is C22H34N4O3. The van der Waals surface area contributed by atoms with E-state index in [4.69, 9.17) is 10.5 Å². The minimum atomic E-state index is -0.268. The second-order valence-corrected chi connectivity index (χ2v) is 7.98. The van der Waals surface area contributed by atoms with E-state index in [1.807, 2.05) is 35.2 Å². The maximum Gasteiger partial charge on any atom is 0.410 e. The van der Waals surface area contributed by atoms with Crippen LogP contribution in [0.4, 0.5) is 4.79 Å². The number of carbonyl (C=O) groups is 2. The summed E-state index contributed by atoms with van der Waals surface area (Å²) in [5, 5.41) is 3.52. The van der Waals surface area contributed by atoms with Crippen LogP contribution in [0.25, 0.3) is 0 Å². The summed E-state index contributed by atoms with van der Waals surface area (Å²) in [6.07, 6.45) is 5.39. The van der Waals surface area contributed by atoms with Crippen LogP contribution < -0.4 is 11.1 Å². The summed E-state index contributed by atoms with van der Waals surface area (Å²) in [5.74, 6) is 0.180. The van der Waals surface area contributed by atoms with Gasteiger partial charge in [0, 0.05) is 32.2 Å². The van der Waals surface area contributed by atoms with Crippen LogP contribution in [0, 0.1) is 0 Å². The van der Waals surface area contributed by atoms with E-state index in [-0.39, 0.29) is 24.1 Å². The molecule has 7 nitrogen and oxygen atoms in total. The standard InChI is InChI=1S/C22H34N4O3/c23-12-9-20(21(27)25-13-5-2-6-14-25)24-19-10-15-26(16-11-19)22(28)29-17-18-7-3-1-4-8-18/h1,3-4,7-8,19-20,24H,2,5-6,9-17,23H2/t20-/m0/s1. The number of hydrogen-bond acceptors (Lipinski definition) is 5. The maximum atomic E-state index is 12.9. The average Bonchev–Trinajstić information content (AvgIpc) is 2.78. The Bertz CT molecular complexity index is 641. The van der Waals surface area contributed by atoms with Gasteiger partial charge in [0.05, 0.1) is 6.04 Å². The SMILES string of the molecule is NCC[C@H](NC1CCN(C(=O)OCc2ccccc2)CC1)C(=O)N1CCCCC1. The third-order valence-corrected chi connectivity index (χ3v) is 5.82. The Kier molecular flexibility index (Phi) is 8.31. The molecule has 2 aliphatic heterocycles. The molecule has 2 heterocycles. The summed E-state index contributed by atoms with van der Waals surface area (Å²) in [6.45, 7) is 3.76. The normalized spacial score (nSPS) is 19.1. The molecule has 1 atom stereocenters. The van der Waals surface area contributed by atoms with Crippen molar-refractivity contribution >= 4 is 12.0 Å². The van der Waals surface area contributed by atoms with E-state index in [0.29, 0.717) is 32.7 Å². The fourth-order valence-electron chi connectivity index (χ4n) is 4.10. The lowest BCUT2D eigenvalue weighted by Gasteiger charge is -2.36. The minimum Gasteiger partial charge on any atom is -0.445 e. The Morgan fingerprint density at radius 1 is 1.03 bits per heavy atom. The van der Waals surface area contributed by atoms with Crippen molar-refractivity contribution in [2.24, 2.45) is 5.73 Å². The number of nitrogens with one attached hydrogen (secondary N) is 1. The molecule has 3 N–H and O–H groups in total. The van der Waals surface area contributed by atoms with E-state index in [0.717, 1.165) is 44.3 Å². The van der Waals surface area contributed by atoms with Gasteiger partial charge < -0.3 is 25.6 Å². The lowest BCUT2D eigenvalue weighted by Crippen LogP contribution is -2.54. The molecule has 7 heteroatoms. The Labute approximate surface area is 173 Å². The number of nitrogens with two attached hydrogens (primary N) is 1. The van der Waals surface area contributed by atoms with Gasteiger partial charge in [-0.3, -0.25) is 4.79 Å². The smallest absolute Gasteiger partial charge is 0.410 e. The van der Waals surface area contributed by atoms with Gasteiger partial charge in [0.2, 0.25) is 5.91 Å². The van der Waals surface area contributed by atoms with Gasteiger partial charge in [-0.2, -0.15) is 0 Å². The molecule has 0 aromatic heterocycles. The molecule has 2 aliphatic rings. The molecule has 0 radical (unpaired) electrons. The van der Waals surface area contributed by atoms with Crippen molar-refractivity contribution in [3.05, 3.63) is 35.9 Å². The number of benzene rings is 1. The fraction of sp³-hybridized carbons (Fsp3) is 0.636. The first-order valence-electron chi connectivity index (χ1n) is 10.9. The highest BCUT2D eigenvalue weighted by molar-refractivity contribution is 5.82. The van der Waals surface area contributed by atoms with Gasteiger partial charge in [-0.25, -0.2) is 4.79 Å². The number of amides is 2. The highest BCUT2D eigenvalue weighted by atomic mass is 16.6. The van der Waals surface area contributed by atoms with Gasteiger partial charge >= 0.3 is 6.09 Å². The Balaban J connectivity index is 1.43.